The molecule has 0 aliphatic carbocycles. The Bertz CT molecular complexity index is 601. The van der Waals surface area contributed by atoms with E-state index in [9.17, 15) is 8.78 Å². The minimum Gasteiger partial charge on any atom is -0.481 e. The number of rotatable bonds is 3. The summed E-state index contributed by atoms with van der Waals surface area (Å²) in [6.07, 6.45) is 0. The van der Waals surface area contributed by atoms with Crippen LogP contribution in [0.1, 0.15) is 0 Å². The first kappa shape index (κ1) is 13.5. The largest absolute Gasteiger partial charge is 0.481 e. The predicted octanol–water partition coefficient (Wildman–Crippen LogP) is 2.85. The van der Waals surface area contributed by atoms with Crippen LogP contribution in [0, 0.1) is 11.6 Å². The summed E-state index contributed by atoms with van der Waals surface area (Å²) in [4.78, 5) is 7.57. The molecule has 0 aliphatic heterocycles. The molecule has 1 heterocycles. The Morgan fingerprint density at radius 1 is 1.21 bits per heavy atom. The van der Waals surface area contributed by atoms with Crippen molar-refractivity contribution in [3.63, 3.8) is 0 Å². The van der Waals surface area contributed by atoms with E-state index < -0.39 is 11.6 Å². The molecule has 19 heavy (non-hydrogen) atoms. The fourth-order valence-electron chi connectivity index (χ4n) is 1.40. The minimum absolute atomic E-state index is 0.0696. The Kier molecular flexibility index (Phi) is 3.79. The Labute approximate surface area is 115 Å². The molecule has 0 saturated carbocycles. The number of methoxy groups -OCH3 is 1. The zero-order chi connectivity index (χ0) is 14.0. The van der Waals surface area contributed by atoms with E-state index in [0.29, 0.717) is 4.47 Å². The molecule has 1 aromatic carbocycles. The second-order valence-electron chi connectivity index (χ2n) is 3.52. The molecule has 1 aromatic heterocycles. The van der Waals surface area contributed by atoms with Gasteiger partial charge < -0.3 is 15.8 Å². The molecule has 0 spiro atoms. The van der Waals surface area contributed by atoms with Gasteiger partial charge in [-0.05, 0) is 12.1 Å². The van der Waals surface area contributed by atoms with Gasteiger partial charge in [0, 0.05) is 10.5 Å². The van der Waals surface area contributed by atoms with E-state index in [4.69, 9.17) is 10.5 Å². The molecule has 0 amide bonds. The number of anilines is 3. The van der Waals surface area contributed by atoms with E-state index in [1.807, 2.05) is 0 Å². The number of nitrogens with one attached hydrogen (secondary N) is 1. The molecule has 0 unspecified atom stereocenters. The van der Waals surface area contributed by atoms with Crippen LogP contribution in [0.3, 0.4) is 0 Å². The summed E-state index contributed by atoms with van der Waals surface area (Å²) >= 11 is 2.99. The standard InChI is InChI=1S/C11H9BrF2N4O/c1-19-9-4-8(17-11(15)18-9)16-10-6(13)2-5(12)3-7(10)14/h2-4H,1H3,(H3,15,16,17,18). The summed E-state index contributed by atoms with van der Waals surface area (Å²) in [5, 5.41) is 2.50. The van der Waals surface area contributed by atoms with E-state index in [1.54, 1.807) is 0 Å². The fraction of sp³-hybridized carbons (Fsp3) is 0.0909. The molecule has 100 valence electrons. The highest BCUT2D eigenvalue weighted by molar-refractivity contribution is 9.10. The molecule has 8 heteroatoms. The monoisotopic (exact) mass is 330 g/mol. The molecule has 3 N–H and O–H groups in total. The highest BCUT2D eigenvalue weighted by Crippen LogP contribution is 2.27. The second kappa shape index (κ2) is 5.35. The zero-order valence-corrected chi connectivity index (χ0v) is 11.3. The Morgan fingerprint density at radius 3 is 2.42 bits per heavy atom. The number of ether oxygens (including phenoxy) is 1. The van der Waals surface area contributed by atoms with Crippen LogP contribution in [0.15, 0.2) is 22.7 Å². The average Bonchev–Trinajstić information content (AvgIpc) is 2.33. The van der Waals surface area contributed by atoms with Crippen LogP contribution in [-0.2, 0) is 0 Å². The van der Waals surface area contributed by atoms with Gasteiger partial charge >= 0.3 is 0 Å². The number of hydrogen-bond acceptors (Lipinski definition) is 5. The number of nitrogens with two attached hydrogens (primary N) is 1. The number of halogens is 3. The van der Waals surface area contributed by atoms with Crippen LogP contribution in [0.2, 0.25) is 0 Å². The molecule has 2 rings (SSSR count). The summed E-state index contributed by atoms with van der Waals surface area (Å²) in [6, 6.07) is 3.64. The summed E-state index contributed by atoms with van der Waals surface area (Å²) in [5.41, 5.74) is 5.12. The second-order valence-corrected chi connectivity index (χ2v) is 4.44. The lowest BCUT2D eigenvalue weighted by Gasteiger charge is -2.09. The van der Waals surface area contributed by atoms with Gasteiger partial charge in [-0.15, -0.1) is 0 Å². The molecule has 0 bridgehead atoms. The van der Waals surface area contributed by atoms with Crippen molar-refractivity contribution in [2.75, 3.05) is 18.2 Å². The van der Waals surface area contributed by atoms with Crippen molar-refractivity contribution in [1.82, 2.24) is 9.97 Å². The van der Waals surface area contributed by atoms with Crippen LogP contribution in [-0.4, -0.2) is 17.1 Å². The first-order valence-corrected chi connectivity index (χ1v) is 5.89. The Balaban J connectivity index is 2.39. The van der Waals surface area contributed by atoms with E-state index in [2.05, 4.69) is 31.2 Å². The normalized spacial score (nSPS) is 10.3. The van der Waals surface area contributed by atoms with Crippen molar-refractivity contribution < 1.29 is 13.5 Å². The number of hydrogen-bond donors (Lipinski definition) is 2. The Hall–Kier alpha value is -1.96. The van der Waals surface area contributed by atoms with Gasteiger partial charge in [-0.25, -0.2) is 8.78 Å². The molecule has 0 saturated heterocycles. The van der Waals surface area contributed by atoms with Crippen LogP contribution >= 0.6 is 15.9 Å². The fourth-order valence-corrected chi connectivity index (χ4v) is 1.80. The number of nitrogen functional groups attached to an aromatic ring is 1. The Morgan fingerprint density at radius 2 is 1.84 bits per heavy atom. The van der Waals surface area contributed by atoms with E-state index in [1.165, 1.54) is 13.2 Å². The summed E-state index contributed by atoms with van der Waals surface area (Å²) in [7, 11) is 1.40. The molecule has 2 aromatic rings. The zero-order valence-electron chi connectivity index (χ0n) is 9.75. The third kappa shape index (κ3) is 3.08. The molecule has 0 radical (unpaired) electrons. The molecule has 0 fully saturated rings. The summed E-state index contributed by atoms with van der Waals surface area (Å²) in [5.74, 6) is -1.27. The van der Waals surface area contributed by atoms with Crippen LogP contribution in [0.5, 0.6) is 5.88 Å². The van der Waals surface area contributed by atoms with Gasteiger partial charge in [0.1, 0.15) is 11.5 Å². The number of aromatic nitrogens is 2. The number of benzene rings is 1. The smallest absolute Gasteiger partial charge is 0.225 e. The highest BCUT2D eigenvalue weighted by Gasteiger charge is 2.12. The lowest BCUT2D eigenvalue weighted by molar-refractivity contribution is 0.398. The van der Waals surface area contributed by atoms with Crippen molar-refractivity contribution in [2.24, 2.45) is 0 Å². The van der Waals surface area contributed by atoms with E-state index in [-0.39, 0.29) is 23.3 Å². The third-order valence-electron chi connectivity index (χ3n) is 2.19. The third-order valence-corrected chi connectivity index (χ3v) is 2.65. The maximum Gasteiger partial charge on any atom is 0.225 e. The molecular weight excluding hydrogens is 322 g/mol. The topological polar surface area (TPSA) is 73.1 Å². The van der Waals surface area contributed by atoms with Crippen LogP contribution in [0.25, 0.3) is 0 Å². The summed E-state index contributed by atoms with van der Waals surface area (Å²) < 4.78 is 32.5. The molecule has 5 nitrogen and oxygen atoms in total. The highest BCUT2D eigenvalue weighted by atomic mass is 79.9. The average molecular weight is 331 g/mol. The van der Waals surface area contributed by atoms with Crippen molar-refractivity contribution in [1.29, 1.82) is 0 Å². The maximum atomic E-state index is 13.6. The first-order valence-electron chi connectivity index (χ1n) is 5.09. The quantitative estimate of drug-likeness (QED) is 0.905. The SMILES string of the molecule is COc1cc(Nc2c(F)cc(Br)cc2F)nc(N)n1. The van der Waals surface area contributed by atoms with Gasteiger partial charge in [-0.3, -0.25) is 0 Å². The maximum absolute atomic E-state index is 13.6. The van der Waals surface area contributed by atoms with Crippen LogP contribution < -0.4 is 15.8 Å². The van der Waals surface area contributed by atoms with Crippen LogP contribution in [0.4, 0.5) is 26.2 Å². The van der Waals surface area contributed by atoms with Gasteiger partial charge in [0.25, 0.3) is 0 Å². The summed E-state index contributed by atoms with van der Waals surface area (Å²) in [6.45, 7) is 0. The minimum atomic E-state index is -0.761. The van der Waals surface area contributed by atoms with Gasteiger partial charge in [-0.2, -0.15) is 9.97 Å². The van der Waals surface area contributed by atoms with Crippen molar-refractivity contribution in [2.45, 2.75) is 0 Å². The number of nitrogens with zero attached hydrogens (tertiary/aromatic N) is 2. The molecular formula is C11H9BrF2N4O. The van der Waals surface area contributed by atoms with Gasteiger partial charge in [0.2, 0.25) is 11.8 Å². The van der Waals surface area contributed by atoms with Crippen molar-refractivity contribution >= 4 is 33.4 Å². The molecule has 0 aliphatic rings. The van der Waals surface area contributed by atoms with Gasteiger partial charge in [0.05, 0.1) is 7.11 Å². The van der Waals surface area contributed by atoms with Gasteiger partial charge in [-0.1, -0.05) is 15.9 Å². The van der Waals surface area contributed by atoms with Crippen molar-refractivity contribution in [3.05, 3.63) is 34.3 Å². The van der Waals surface area contributed by atoms with E-state index in [0.717, 1.165) is 12.1 Å². The van der Waals surface area contributed by atoms with Crippen molar-refractivity contribution in [3.8, 4) is 5.88 Å². The van der Waals surface area contributed by atoms with E-state index >= 15 is 0 Å². The first-order chi connectivity index (χ1) is 8.99. The predicted molar refractivity (Wildman–Crippen MR) is 70.3 cm³/mol. The lowest BCUT2D eigenvalue weighted by Crippen LogP contribution is -2.04. The lowest BCUT2D eigenvalue weighted by atomic mass is 10.3. The molecule has 0 atom stereocenters. The van der Waals surface area contributed by atoms with Gasteiger partial charge in [0.15, 0.2) is 11.6 Å².